The van der Waals surface area contributed by atoms with Crippen LogP contribution in [-0.2, 0) is 10.1 Å². The van der Waals surface area contributed by atoms with Gasteiger partial charge in [0.25, 0.3) is 10.1 Å². The molecule has 1 saturated carbocycles. The lowest BCUT2D eigenvalue weighted by Gasteiger charge is -2.45. The molecule has 0 saturated heterocycles. The summed E-state index contributed by atoms with van der Waals surface area (Å²) < 4.78 is 31.3. The van der Waals surface area contributed by atoms with Crippen LogP contribution in [0.25, 0.3) is 0 Å². The zero-order chi connectivity index (χ0) is 13.6. The number of hydrogen-bond donors (Lipinski definition) is 3. The lowest BCUT2D eigenvalue weighted by molar-refractivity contribution is -0.106. The number of aliphatic hydroxyl groups excluding tert-OH is 1. The van der Waals surface area contributed by atoms with E-state index in [9.17, 15) is 18.6 Å². The van der Waals surface area contributed by atoms with Crippen LogP contribution in [-0.4, -0.2) is 34.2 Å². The average molecular weight is 337 g/mol. The molecular weight excluding hydrogens is 324 g/mol. The Bertz CT molecular complexity index is 533. The van der Waals surface area contributed by atoms with Crippen molar-refractivity contribution in [1.29, 1.82) is 0 Å². The summed E-state index contributed by atoms with van der Waals surface area (Å²) in [5.74, 6) is -0.0144. The Morgan fingerprint density at radius 1 is 1.28 bits per heavy atom. The van der Waals surface area contributed by atoms with Gasteiger partial charge in [0.1, 0.15) is 5.60 Å². The first-order chi connectivity index (χ1) is 8.22. The van der Waals surface area contributed by atoms with Crippen molar-refractivity contribution < 1.29 is 23.2 Å². The van der Waals surface area contributed by atoms with Crippen molar-refractivity contribution in [2.75, 3.05) is 0 Å². The summed E-state index contributed by atoms with van der Waals surface area (Å²) in [7, 11) is -4.64. The van der Waals surface area contributed by atoms with E-state index in [1.165, 1.54) is 0 Å². The van der Waals surface area contributed by atoms with Gasteiger partial charge < -0.3 is 10.2 Å². The summed E-state index contributed by atoms with van der Waals surface area (Å²) in [6.45, 7) is 0. The van der Waals surface area contributed by atoms with E-state index in [0.29, 0.717) is 0 Å². The SMILES string of the molecule is O=S(=O)(O)C(O)C1(O)CC(c2ccc(Br)cc2)C1. The van der Waals surface area contributed by atoms with Gasteiger partial charge in [-0.05, 0) is 36.5 Å². The maximum atomic E-state index is 10.8. The zero-order valence-corrected chi connectivity index (χ0v) is 11.7. The summed E-state index contributed by atoms with van der Waals surface area (Å²) in [5.41, 5.74) is -2.94. The van der Waals surface area contributed by atoms with E-state index in [0.717, 1.165) is 10.0 Å². The molecule has 0 heterocycles. The first-order valence-electron chi connectivity index (χ1n) is 5.34. The minimum absolute atomic E-state index is 0.0144. The highest BCUT2D eigenvalue weighted by molar-refractivity contribution is 9.10. The van der Waals surface area contributed by atoms with Crippen LogP contribution in [0.4, 0.5) is 0 Å². The maximum Gasteiger partial charge on any atom is 0.294 e. The van der Waals surface area contributed by atoms with Crippen LogP contribution in [0.15, 0.2) is 28.7 Å². The molecule has 1 aliphatic rings. The van der Waals surface area contributed by atoms with Crippen molar-refractivity contribution in [2.24, 2.45) is 0 Å². The quantitative estimate of drug-likeness (QED) is 0.722. The zero-order valence-electron chi connectivity index (χ0n) is 9.32. The second kappa shape index (κ2) is 4.57. The minimum Gasteiger partial charge on any atom is -0.386 e. The fourth-order valence-electron chi connectivity index (χ4n) is 2.24. The number of aliphatic hydroxyl groups is 2. The normalized spacial score (nSPS) is 29.7. The number of benzene rings is 1. The van der Waals surface area contributed by atoms with Gasteiger partial charge in [-0.25, -0.2) is 0 Å². The third-order valence-corrected chi connectivity index (χ3v) is 4.81. The molecule has 0 aromatic heterocycles. The Morgan fingerprint density at radius 2 is 1.78 bits per heavy atom. The summed E-state index contributed by atoms with van der Waals surface area (Å²) in [5, 5.41) is 19.3. The maximum absolute atomic E-state index is 10.8. The molecule has 18 heavy (non-hydrogen) atoms. The molecule has 1 aliphatic carbocycles. The van der Waals surface area contributed by atoms with Crippen LogP contribution < -0.4 is 0 Å². The summed E-state index contributed by atoms with van der Waals surface area (Å²) in [6, 6.07) is 7.44. The van der Waals surface area contributed by atoms with Crippen LogP contribution in [0.5, 0.6) is 0 Å². The summed E-state index contributed by atoms with van der Waals surface area (Å²) >= 11 is 3.30. The second-order valence-electron chi connectivity index (χ2n) is 4.63. The molecule has 1 fully saturated rings. The van der Waals surface area contributed by atoms with Crippen LogP contribution in [0.3, 0.4) is 0 Å². The lowest BCUT2D eigenvalue weighted by Crippen LogP contribution is -2.54. The van der Waals surface area contributed by atoms with Crippen LogP contribution in [0.2, 0.25) is 0 Å². The number of rotatable bonds is 3. The van der Waals surface area contributed by atoms with Crippen LogP contribution in [0.1, 0.15) is 24.3 Å². The van der Waals surface area contributed by atoms with E-state index >= 15 is 0 Å². The van der Waals surface area contributed by atoms with Gasteiger partial charge in [-0.15, -0.1) is 0 Å². The summed E-state index contributed by atoms with van der Waals surface area (Å²) in [4.78, 5) is 0. The second-order valence-corrected chi connectivity index (χ2v) is 7.02. The molecule has 2 rings (SSSR count). The molecular formula is C11H13BrO5S. The first-order valence-corrected chi connectivity index (χ1v) is 7.64. The predicted octanol–water partition coefficient (Wildman–Crippen LogP) is 1.26. The van der Waals surface area contributed by atoms with Crippen LogP contribution >= 0.6 is 15.9 Å². The highest BCUT2D eigenvalue weighted by Crippen LogP contribution is 2.47. The third-order valence-electron chi connectivity index (χ3n) is 3.28. The van der Waals surface area contributed by atoms with Gasteiger partial charge in [0, 0.05) is 4.47 Å². The summed E-state index contributed by atoms with van der Waals surface area (Å²) in [6.07, 6.45) is 0.213. The molecule has 1 aromatic carbocycles. The average Bonchev–Trinajstić information content (AvgIpc) is 2.24. The Labute approximate surface area is 113 Å². The van der Waals surface area contributed by atoms with E-state index in [-0.39, 0.29) is 18.8 Å². The highest BCUT2D eigenvalue weighted by atomic mass is 79.9. The molecule has 5 nitrogen and oxygen atoms in total. The molecule has 1 unspecified atom stereocenters. The molecule has 0 spiro atoms. The first kappa shape index (κ1) is 14.0. The van der Waals surface area contributed by atoms with E-state index in [1.807, 2.05) is 24.3 Å². The molecule has 100 valence electrons. The highest BCUT2D eigenvalue weighted by Gasteiger charge is 2.53. The smallest absolute Gasteiger partial charge is 0.294 e. The lowest BCUT2D eigenvalue weighted by atomic mass is 9.68. The minimum atomic E-state index is -4.64. The van der Waals surface area contributed by atoms with Gasteiger partial charge in [0.15, 0.2) is 0 Å². The van der Waals surface area contributed by atoms with Gasteiger partial charge in [0.2, 0.25) is 5.44 Å². The molecule has 0 amide bonds. The molecule has 0 bridgehead atoms. The standard InChI is InChI=1S/C11H13BrO5S/c12-9-3-1-7(2-4-9)8-5-11(14,6-8)10(13)18(15,16)17/h1-4,8,10,13-14H,5-6H2,(H,15,16,17). The van der Waals surface area contributed by atoms with Gasteiger partial charge in [0.05, 0.1) is 0 Å². The number of hydrogen-bond acceptors (Lipinski definition) is 4. The molecule has 7 heteroatoms. The Morgan fingerprint density at radius 3 is 2.22 bits per heavy atom. The van der Waals surface area contributed by atoms with Crippen molar-refractivity contribution in [3.63, 3.8) is 0 Å². The van der Waals surface area contributed by atoms with Crippen molar-refractivity contribution in [1.82, 2.24) is 0 Å². The Kier molecular flexibility index (Phi) is 3.54. The Hall–Kier alpha value is -0.470. The number of halogens is 1. The molecule has 0 aliphatic heterocycles. The van der Waals surface area contributed by atoms with Gasteiger partial charge in [-0.2, -0.15) is 8.42 Å². The molecule has 1 atom stereocenters. The van der Waals surface area contributed by atoms with E-state index in [4.69, 9.17) is 4.55 Å². The largest absolute Gasteiger partial charge is 0.386 e. The molecule has 1 aromatic rings. The fourth-order valence-corrected chi connectivity index (χ4v) is 3.25. The van der Waals surface area contributed by atoms with Gasteiger partial charge in [-0.1, -0.05) is 28.1 Å². The van der Waals surface area contributed by atoms with Crippen molar-refractivity contribution in [2.45, 2.75) is 29.8 Å². The monoisotopic (exact) mass is 336 g/mol. The third kappa shape index (κ3) is 2.60. The van der Waals surface area contributed by atoms with Crippen molar-refractivity contribution >= 4 is 26.0 Å². The van der Waals surface area contributed by atoms with Gasteiger partial charge >= 0.3 is 0 Å². The molecule has 3 N–H and O–H groups in total. The van der Waals surface area contributed by atoms with E-state index in [1.54, 1.807) is 0 Å². The fraction of sp³-hybridized carbons (Fsp3) is 0.455. The van der Waals surface area contributed by atoms with Crippen molar-refractivity contribution in [3.8, 4) is 0 Å². The van der Waals surface area contributed by atoms with E-state index in [2.05, 4.69) is 15.9 Å². The van der Waals surface area contributed by atoms with E-state index < -0.39 is 21.2 Å². The predicted molar refractivity (Wildman–Crippen MR) is 68.6 cm³/mol. The van der Waals surface area contributed by atoms with Crippen LogP contribution in [0, 0.1) is 0 Å². The van der Waals surface area contributed by atoms with Gasteiger partial charge in [-0.3, -0.25) is 4.55 Å². The van der Waals surface area contributed by atoms with Crippen molar-refractivity contribution in [3.05, 3.63) is 34.3 Å². The Balaban J connectivity index is 2.08. The molecule has 0 radical (unpaired) electrons. The topological polar surface area (TPSA) is 94.8 Å².